The number of carbonyl (C=O) groups is 1. The number of azide groups is 1. The van der Waals surface area contributed by atoms with Crippen LogP contribution in [0.4, 0.5) is 0 Å². The van der Waals surface area contributed by atoms with Crippen molar-refractivity contribution in [1.82, 2.24) is 0 Å². The van der Waals surface area contributed by atoms with Crippen molar-refractivity contribution in [3.8, 4) is 0 Å². The van der Waals surface area contributed by atoms with Gasteiger partial charge in [-0.2, -0.15) is 0 Å². The molecule has 0 radical (unpaired) electrons. The van der Waals surface area contributed by atoms with Gasteiger partial charge in [0.1, 0.15) is 5.78 Å². The Morgan fingerprint density at radius 2 is 1.54 bits per heavy atom. The van der Waals surface area contributed by atoms with Crippen molar-refractivity contribution in [1.29, 1.82) is 0 Å². The highest BCUT2D eigenvalue weighted by atomic mass is 28.4. The molecule has 0 spiro atoms. The number of hydrogen-bond donors (Lipinski definition) is 1. The molecular weight excluding hydrogens is 526 g/mol. The lowest BCUT2D eigenvalue weighted by Gasteiger charge is -2.43. The highest BCUT2D eigenvalue weighted by Crippen LogP contribution is 2.37. The minimum absolute atomic E-state index is 0.0466. The van der Waals surface area contributed by atoms with Gasteiger partial charge in [-0.3, -0.25) is 4.79 Å². The van der Waals surface area contributed by atoms with E-state index in [0.29, 0.717) is 19.1 Å². The largest absolute Gasteiger partial charge is 0.407 e. The van der Waals surface area contributed by atoms with E-state index < -0.39 is 14.4 Å². The zero-order chi connectivity index (χ0) is 30.3. The van der Waals surface area contributed by atoms with Crippen LogP contribution < -0.4 is 10.4 Å². The summed E-state index contributed by atoms with van der Waals surface area (Å²) in [5.74, 6) is 0.552. The summed E-state index contributed by atoms with van der Waals surface area (Å²) < 4.78 is 7.18. The van der Waals surface area contributed by atoms with Crippen molar-refractivity contribution in [2.45, 2.75) is 104 Å². The van der Waals surface area contributed by atoms with E-state index in [0.717, 1.165) is 44.9 Å². The summed E-state index contributed by atoms with van der Waals surface area (Å²) in [4.78, 5) is 15.7. The van der Waals surface area contributed by atoms with Crippen LogP contribution in [0, 0.1) is 17.8 Å². The summed E-state index contributed by atoms with van der Waals surface area (Å²) in [5, 5.41) is 16.8. The fraction of sp³-hybridized carbons (Fsp3) is 0.618. The van der Waals surface area contributed by atoms with Crippen LogP contribution in [0.1, 0.15) is 92.9 Å². The fourth-order valence-corrected chi connectivity index (χ4v) is 10.6. The number of hydrogen-bond acceptors (Lipinski definition) is 4. The SMILES string of the molecule is CC[C@H](CCC[C@H](C)C(=O)C[C@@H](O)[C@H](CC)CCCN=[N+]=[N-])CO[Si](c1ccccc1)(c1ccccc1)C(C)(C)C. The molecule has 2 aromatic carbocycles. The molecule has 0 saturated carbocycles. The Balaban J connectivity index is 2.00. The van der Waals surface area contributed by atoms with E-state index in [9.17, 15) is 9.90 Å². The Kier molecular flexibility index (Phi) is 14.8. The lowest BCUT2D eigenvalue weighted by Crippen LogP contribution is -2.66. The van der Waals surface area contributed by atoms with E-state index in [1.54, 1.807) is 0 Å². The molecule has 0 heterocycles. The maximum Gasteiger partial charge on any atom is 0.261 e. The van der Waals surface area contributed by atoms with Crippen molar-refractivity contribution in [2.75, 3.05) is 13.2 Å². The molecule has 41 heavy (non-hydrogen) atoms. The second-order valence-corrected chi connectivity index (χ2v) is 16.9. The quantitative estimate of drug-likeness (QED) is 0.0604. The number of nitrogens with zero attached hydrogens (tertiary/aromatic N) is 3. The van der Waals surface area contributed by atoms with Gasteiger partial charge in [0.05, 0.1) is 6.10 Å². The van der Waals surface area contributed by atoms with Gasteiger partial charge in [0.2, 0.25) is 0 Å². The number of benzene rings is 2. The number of Topliss-reactive ketones (excluding diaryl/α,β-unsaturated/α-hetero) is 1. The first-order chi connectivity index (χ1) is 19.6. The molecule has 7 heteroatoms. The molecule has 226 valence electrons. The third-order valence-electron chi connectivity index (χ3n) is 8.70. The monoisotopic (exact) mass is 579 g/mol. The normalized spacial score (nSPS) is 15.0. The van der Waals surface area contributed by atoms with Gasteiger partial charge in [0.25, 0.3) is 8.32 Å². The topological polar surface area (TPSA) is 95.3 Å². The van der Waals surface area contributed by atoms with E-state index in [2.05, 4.69) is 98.4 Å². The van der Waals surface area contributed by atoms with Crippen LogP contribution in [0.15, 0.2) is 65.8 Å². The molecule has 0 aliphatic heterocycles. The molecule has 1 N–H and O–H groups in total. The molecule has 0 unspecified atom stereocenters. The number of carbonyl (C=O) groups excluding carboxylic acids is 1. The second kappa shape index (κ2) is 17.5. The minimum atomic E-state index is -2.56. The molecule has 0 aliphatic rings. The summed E-state index contributed by atoms with van der Waals surface area (Å²) in [5.41, 5.74) is 8.45. The van der Waals surface area contributed by atoms with Crippen molar-refractivity contribution in [3.05, 3.63) is 71.1 Å². The maximum absolute atomic E-state index is 12.9. The van der Waals surface area contributed by atoms with Crippen LogP contribution in [0.25, 0.3) is 10.4 Å². The number of aliphatic hydroxyl groups excluding tert-OH is 1. The third kappa shape index (κ3) is 10.1. The summed E-state index contributed by atoms with van der Waals surface area (Å²) in [6.07, 6.45) is 5.73. The van der Waals surface area contributed by atoms with Gasteiger partial charge >= 0.3 is 0 Å². The molecule has 0 aromatic heterocycles. The molecule has 2 rings (SSSR count). The molecule has 0 fully saturated rings. The highest BCUT2D eigenvalue weighted by molar-refractivity contribution is 6.99. The summed E-state index contributed by atoms with van der Waals surface area (Å²) >= 11 is 0. The smallest absolute Gasteiger partial charge is 0.261 e. The molecular formula is C34H53N3O3Si. The molecule has 0 saturated heterocycles. The van der Waals surface area contributed by atoms with Crippen LogP contribution in [0.3, 0.4) is 0 Å². The zero-order valence-corrected chi connectivity index (χ0v) is 27.3. The molecule has 0 aliphatic carbocycles. The fourth-order valence-electron chi connectivity index (χ4n) is 5.99. The second-order valence-electron chi connectivity index (χ2n) is 12.6. The Hall–Kier alpha value is -2.44. The molecule has 4 atom stereocenters. The van der Waals surface area contributed by atoms with E-state index in [-0.39, 0.29) is 29.1 Å². The lowest BCUT2D eigenvalue weighted by atomic mass is 9.87. The standard InChI is InChI=1S/C34H53N3O3Si/c1-7-28(18-15-17-27(3)32(38)25-33(39)29(8-2)19-16-24-36-37-35)26-40-41(34(4,5)6,30-20-11-9-12-21-30)31-22-13-10-14-23-31/h9-14,20-23,27-29,33,39H,7-8,15-19,24-26H2,1-6H3/t27-,28+,29+,33+/m0/s1. The number of rotatable bonds is 19. The van der Waals surface area contributed by atoms with Crippen LogP contribution in [-0.2, 0) is 9.22 Å². The first kappa shape index (κ1) is 34.8. The van der Waals surface area contributed by atoms with Crippen molar-refractivity contribution in [2.24, 2.45) is 22.9 Å². The summed E-state index contributed by atoms with van der Waals surface area (Å²) in [6, 6.07) is 21.5. The molecule has 2 aromatic rings. The van der Waals surface area contributed by atoms with Crippen LogP contribution in [0.2, 0.25) is 5.04 Å². The predicted molar refractivity (Wildman–Crippen MR) is 173 cm³/mol. The molecule has 0 amide bonds. The predicted octanol–water partition coefficient (Wildman–Crippen LogP) is 7.83. The van der Waals surface area contributed by atoms with Gasteiger partial charge in [0.15, 0.2) is 0 Å². The van der Waals surface area contributed by atoms with Crippen molar-refractivity contribution < 1.29 is 14.3 Å². The summed E-state index contributed by atoms with van der Waals surface area (Å²) in [7, 11) is -2.56. The highest BCUT2D eigenvalue weighted by Gasteiger charge is 2.50. The Labute approximate surface area is 249 Å². The van der Waals surface area contributed by atoms with Gasteiger partial charge < -0.3 is 9.53 Å². The minimum Gasteiger partial charge on any atom is -0.407 e. The van der Waals surface area contributed by atoms with Gasteiger partial charge in [-0.05, 0) is 58.5 Å². The zero-order valence-electron chi connectivity index (χ0n) is 26.3. The van der Waals surface area contributed by atoms with E-state index in [1.807, 2.05) is 13.8 Å². The van der Waals surface area contributed by atoms with E-state index in [4.69, 9.17) is 9.96 Å². The average Bonchev–Trinajstić information content (AvgIpc) is 2.96. The van der Waals surface area contributed by atoms with E-state index in [1.165, 1.54) is 10.4 Å². The van der Waals surface area contributed by atoms with Gasteiger partial charge in [-0.25, -0.2) is 0 Å². The molecule has 0 bridgehead atoms. The van der Waals surface area contributed by atoms with Crippen molar-refractivity contribution in [3.63, 3.8) is 0 Å². The number of aliphatic hydroxyl groups is 1. The van der Waals surface area contributed by atoms with Crippen LogP contribution in [0.5, 0.6) is 0 Å². The Morgan fingerprint density at radius 3 is 2.02 bits per heavy atom. The van der Waals surface area contributed by atoms with Gasteiger partial charge in [-0.1, -0.05) is 127 Å². The van der Waals surface area contributed by atoms with Crippen LogP contribution in [-0.4, -0.2) is 38.5 Å². The maximum atomic E-state index is 12.9. The first-order valence-corrected chi connectivity index (χ1v) is 17.5. The first-order valence-electron chi connectivity index (χ1n) is 15.6. The average molecular weight is 580 g/mol. The Bertz CT molecular complexity index is 1030. The van der Waals surface area contributed by atoms with E-state index >= 15 is 0 Å². The van der Waals surface area contributed by atoms with Crippen LogP contribution >= 0.6 is 0 Å². The number of ketones is 1. The van der Waals surface area contributed by atoms with Crippen molar-refractivity contribution >= 4 is 24.5 Å². The lowest BCUT2D eigenvalue weighted by molar-refractivity contribution is -0.125. The Morgan fingerprint density at radius 1 is 0.951 bits per heavy atom. The molecule has 6 nitrogen and oxygen atoms in total. The van der Waals surface area contributed by atoms with Gasteiger partial charge in [-0.15, -0.1) is 0 Å². The third-order valence-corrected chi connectivity index (χ3v) is 13.7. The summed E-state index contributed by atoms with van der Waals surface area (Å²) in [6.45, 7) is 14.3. The van der Waals surface area contributed by atoms with Gasteiger partial charge in [0, 0.05) is 30.4 Å².